The predicted octanol–water partition coefficient (Wildman–Crippen LogP) is 2.48. The van der Waals surface area contributed by atoms with Crippen molar-refractivity contribution < 1.29 is 14.3 Å². The molecule has 0 heterocycles. The number of amides is 2. The van der Waals surface area contributed by atoms with Crippen LogP contribution in [0.2, 0.25) is 0 Å². The number of rotatable bonds is 5. The maximum atomic E-state index is 11.7. The van der Waals surface area contributed by atoms with Gasteiger partial charge in [0.15, 0.2) is 0 Å². The second-order valence-electron chi connectivity index (χ2n) is 5.50. The number of carbonyl (C=O) groups excluding carboxylic acids is 2. The Morgan fingerprint density at radius 1 is 0.957 bits per heavy atom. The van der Waals surface area contributed by atoms with Crippen molar-refractivity contribution in [3.63, 3.8) is 0 Å². The standard InChI is InChI=1S/C18H18N2O3/c21-17(19-14-6-7-14)18(22)20-15-8-10-16(11-9-15)23-12-13-4-2-1-3-5-13/h1-5,8-11,14H,6-7,12H2,(H,19,21)(H,20,22). The van der Waals surface area contributed by atoms with Gasteiger partial charge in [-0.05, 0) is 42.7 Å². The van der Waals surface area contributed by atoms with Gasteiger partial charge in [-0.15, -0.1) is 0 Å². The molecule has 23 heavy (non-hydrogen) atoms. The molecule has 2 N–H and O–H groups in total. The number of nitrogens with one attached hydrogen (secondary N) is 2. The average Bonchev–Trinajstić information content (AvgIpc) is 3.39. The summed E-state index contributed by atoms with van der Waals surface area (Å²) in [5, 5.41) is 5.22. The fourth-order valence-electron chi connectivity index (χ4n) is 2.04. The van der Waals surface area contributed by atoms with Crippen LogP contribution in [0.3, 0.4) is 0 Å². The van der Waals surface area contributed by atoms with Gasteiger partial charge in [-0.25, -0.2) is 0 Å². The van der Waals surface area contributed by atoms with Crippen molar-refractivity contribution in [1.29, 1.82) is 0 Å². The maximum absolute atomic E-state index is 11.7. The normalized spacial score (nSPS) is 13.2. The van der Waals surface area contributed by atoms with Gasteiger partial charge >= 0.3 is 11.8 Å². The Morgan fingerprint density at radius 3 is 2.30 bits per heavy atom. The quantitative estimate of drug-likeness (QED) is 0.834. The molecule has 0 aromatic heterocycles. The van der Waals surface area contributed by atoms with E-state index in [1.165, 1.54) is 0 Å². The second-order valence-corrected chi connectivity index (χ2v) is 5.50. The Bertz CT molecular complexity index is 679. The second kappa shape index (κ2) is 6.96. The minimum absolute atomic E-state index is 0.169. The fourth-order valence-corrected chi connectivity index (χ4v) is 2.04. The summed E-state index contributed by atoms with van der Waals surface area (Å²) in [4.78, 5) is 23.3. The zero-order valence-corrected chi connectivity index (χ0v) is 12.6. The summed E-state index contributed by atoms with van der Waals surface area (Å²) in [6.45, 7) is 0.482. The Kier molecular flexibility index (Phi) is 4.57. The topological polar surface area (TPSA) is 67.4 Å². The zero-order chi connectivity index (χ0) is 16.1. The summed E-state index contributed by atoms with van der Waals surface area (Å²) in [5.74, 6) is -0.527. The number of ether oxygens (including phenoxy) is 1. The molecular formula is C18H18N2O3. The molecular weight excluding hydrogens is 292 g/mol. The SMILES string of the molecule is O=C(Nc1ccc(OCc2ccccc2)cc1)C(=O)NC1CC1. The number of hydrogen-bond acceptors (Lipinski definition) is 3. The van der Waals surface area contributed by atoms with Crippen molar-refractivity contribution in [2.24, 2.45) is 0 Å². The molecule has 5 heteroatoms. The van der Waals surface area contributed by atoms with Gasteiger partial charge < -0.3 is 15.4 Å². The van der Waals surface area contributed by atoms with Crippen molar-refractivity contribution in [3.8, 4) is 5.75 Å². The molecule has 5 nitrogen and oxygen atoms in total. The first kappa shape index (κ1) is 15.1. The minimum Gasteiger partial charge on any atom is -0.489 e. The van der Waals surface area contributed by atoms with E-state index in [2.05, 4.69) is 10.6 Å². The lowest BCUT2D eigenvalue weighted by Crippen LogP contribution is -2.36. The van der Waals surface area contributed by atoms with Gasteiger partial charge in [0.1, 0.15) is 12.4 Å². The lowest BCUT2D eigenvalue weighted by Gasteiger charge is -2.08. The van der Waals surface area contributed by atoms with E-state index in [1.807, 2.05) is 30.3 Å². The summed E-state index contributed by atoms with van der Waals surface area (Å²) in [7, 11) is 0. The molecule has 0 unspecified atom stereocenters. The predicted molar refractivity (Wildman–Crippen MR) is 87.0 cm³/mol. The number of carbonyl (C=O) groups is 2. The highest BCUT2D eigenvalue weighted by molar-refractivity contribution is 6.39. The van der Waals surface area contributed by atoms with Crippen molar-refractivity contribution >= 4 is 17.5 Å². The Labute approximate surface area is 134 Å². The third kappa shape index (κ3) is 4.57. The molecule has 118 valence electrons. The highest BCUT2D eigenvalue weighted by atomic mass is 16.5. The van der Waals surface area contributed by atoms with E-state index in [1.54, 1.807) is 24.3 Å². The third-order valence-corrected chi connectivity index (χ3v) is 3.48. The highest BCUT2D eigenvalue weighted by Gasteiger charge is 2.26. The fraction of sp³-hybridized carbons (Fsp3) is 0.222. The van der Waals surface area contributed by atoms with Gasteiger partial charge in [-0.1, -0.05) is 30.3 Å². The summed E-state index contributed by atoms with van der Waals surface area (Å²) in [6.07, 6.45) is 1.90. The van der Waals surface area contributed by atoms with Gasteiger partial charge in [0.05, 0.1) is 0 Å². The van der Waals surface area contributed by atoms with Gasteiger partial charge in [0, 0.05) is 11.7 Å². The van der Waals surface area contributed by atoms with E-state index >= 15 is 0 Å². The number of hydrogen-bond donors (Lipinski definition) is 2. The molecule has 2 amide bonds. The van der Waals surface area contributed by atoms with E-state index in [-0.39, 0.29) is 6.04 Å². The highest BCUT2D eigenvalue weighted by Crippen LogP contribution is 2.19. The lowest BCUT2D eigenvalue weighted by molar-refractivity contribution is -0.136. The molecule has 0 bridgehead atoms. The first-order valence-electron chi connectivity index (χ1n) is 7.59. The average molecular weight is 310 g/mol. The van der Waals surface area contributed by atoms with Crippen LogP contribution >= 0.6 is 0 Å². The molecule has 1 aliphatic rings. The molecule has 0 atom stereocenters. The number of benzene rings is 2. The molecule has 0 spiro atoms. The van der Waals surface area contributed by atoms with E-state index in [0.29, 0.717) is 18.0 Å². The molecule has 3 rings (SSSR count). The van der Waals surface area contributed by atoms with Crippen LogP contribution in [0.1, 0.15) is 18.4 Å². The summed E-state index contributed by atoms with van der Waals surface area (Å²) in [5.41, 5.74) is 1.65. The van der Waals surface area contributed by atoms with Crippen molar-refractivity contribution in [1.82, 2.24) is 5.32 Å². The van der Waals surface area contributed by atoms with Crippen molar-refractivity contribution in [2.45, 2.75) is 25.5 Å². The summed E-state index contributed by atoms with van der Waals surface area (Å²) >= 11 is 0. The monoisotopic (exact) mass is 310 g/mol. The molecule has 1 saturated carbocycles. The number of anilines is 1. The van der Waals surface area contributed by atoms with Crippen LogP contribution < -0.4 is 15.4 Å². The van der Waals surface area contributed by atoms with Crippen LogP contribution in [0, 0.1) is 0 Å². The maximum Gasteiger partial charge on any atom is 0.313 e. The summed E-state index contributed by atoms with van der Waals surface area (Å²) < 4.78 is 5.67. The van der Waals surface area contributed by atoms with Crippen LogP contribution in [0.4, 0.5) is 5.69 Å². The molecule has 2 aromatic rings. The molecule has 2 aromatic carbocycles. The molecule has 0 aliphatic heterocycles. The van der Waals surface area contributed by atoms with Gasteiger partial charge in [-0.2, -0.15) is 0 Å². The molecule has 0 radical (unpaired) electrons. The summed E-state index contributed by atoms with van der Waals surface area (Å²) in [6, 6.07) is 17.0. The van der Waals surface area contributed by atoms with E-state index in [4.69, 9.17) is 4.74 Å². The van der Waals surface area contributed by atoms with Crippen LogP contribution in [0.25, 0.3) is 0 Å². The van der Waals surface area contributed by atoms with Gasteiger partial charge in [-0.3, -0.25) is 9.59 Å². The van der Waals surface area contributed by atoms with Crippen LogP contribution in [0.5, 0.6) is 5.75 Å². The van der Waals surface area contributed by atoms with E-state index in [0.717, 1.165) is 18.4 Å². The molecule has 1 aliphatic carbocycles. The Hall–Kier alpha value is -2.82. The molecule has 0 saturated heterocycles. The zero-order valence-electron chi connectivity index (χ0n) is 12.6. The van der Waals surface area contributed by atoms with E-state index in [9.17, 15) is 9.59 Å². The van der Waals surface area contributed by atoms with Crippen LogP contribution in [0.15, 0.2) is 54.6 Å². The van der Waals surface area contributed by atoms with E-state index < -0.39 is 11.8 Å². The van der Waals surface area contributed by atoms with Crippen molar-refractivity contribution in [3.05, 3.63) is 60.2 Å². The van der Waals surface area contributed by atoms with Gasteiger partial charge in [0.2, 0.25) is 0 Å². The first-order chi connectivity index (χ1) is 11.2. The third-order valence-electron chi connectivity index (χ3n) is 3.48. The lowest BCUT2D eigenvalue weighted by atomic mass is 10.2. The molecule has 1 fully saturated rings. The van der Waals surface area contributed by atoms with Crippen LogP contribution in [-0.4, -0.2) is 17.9 Å². The first-order valence-corrected chi connectivity index (χ1v) is 7.59. The Morgan fingerprint density at radius 2 is 1.65 bits per heavy atom. The van der Waals surface area contributed by atoms with Crippen LogP contribution in [-0.2, 0) is 16.2 Å². The smallest absolute Gasteiger partial charge is 0.313 e. The minimum atomic E-state index is -0.644. The van der Waals surface area contributed by atoms with Gasteiger partial charge in [0.25, 0.3) is 0 Å². The largest absolute Gasteiger partial charge is 0.489 e. The van der Waals surface area contributed by atoms with Crippen molar-refractivity contribution in [2.75, 3.05) is 5.32 Å². The Balaban J connectivity index is 1.50.